The van der Waals surface area contributed by atoms with Gasteiger partial charge in [0, 0.05) is 6.42 Å². The third kappa shape index (κ3) is 5.95. The number of rotatable bonds is 6. The summed E-state index contributed by atoms with van der Waals surface area (Å²) in [5, 5.41) is 27.2. The Labute approximate surface area is 79.3 Å². The van der Waals surface area contributed by atoms with Crippen molar-refractivity contribution in [2.45, 2.75) is 18.9 Å². The van der Waals surface area contributed by atoms with E-state index in [4.69, 9.17) is 15.3 Å². The number of hydrogen-bond acceptors (Lipinski definition) is 4. The first-order valence-electron chi connectivity index (χ1n) is 3.83. The highest BCUT2D eigenvalue weighted by atomic mass is 16.4. The van der Waals surface area contributed by atoms with Crippen LogP contribution in [-0.2, 0) is 14.4 Å². The molecule has 14 heavy (non-hydrogen) atoms. The van der Waals surface area contributed by atoms with Crippen LogP contribution >= 0.6 is 0 Å². The maximum atomic E-state index is 10.8. The Kier molecular flexibility index (Phi) is 5.23. The standard InChI is InChI=1S/C7H11NO6/c9-4(7(13)14)3-8-5(10)1-2-6(11)12/h4,9H,1-3H2,(H,8,10)(H,11,12)(H,13,14). The van der Waals surface area contributed by atoms with Crippen LogP contribution in [0.25, 0.3) is 0 Å². The minimum Gasteiger partial charge on any atom is -0.481 e. The maximum Gasteiger partial charge on any atom is 0.334 e. The number of aliphatic hydroxyl groups is 1. The molecule has 0 aliphatic rings. The molecule has 0 aliphatic heterocycles. The van der Waals surface area contributed by atoms with Gasteiger partial charge in [-0.2, -0.15) is 0 Å². The number of hydrogen-bond donors (Lipinski definition) is 4. The van der Waals surface area contributed by atoms with Crippen LogP contribution in [-0.4, -0.2) is 45.8 Å². The number of nitrogens with one attached hydrogen (secondary N) is 1. The highest BCUT2D eigenvalue weighted by Gasteiger charge is 2.14. The topological polar surface area (TPSA) is 124 Å². The molecular weight excluding hydrogens is 194 g/mol. The Hall–Kier alpha value is -1.63. The molecule has 0 aliphatic carbocycles. The molecule has 0 aromatic carbocycles. The van der Waals surface area contributed by atoms with Gasteiger partial charge in [-0.15, -0.1) is 0 Å². The van der Waals surface area contributed by atoms with Crippen molar-refractivity contribution in [1.29, 1.82) is 0 Å². The summed E-state index contributed by atoms with van der Waals surface area (Å²) in [5.74, 6) is -3.16. The third-order valence-corrected chi connectivity index (χ3v) is 1.34. The van der Waals surface area contributed by atoms with Crippen LogP contribution in [0, 0.1) is 0 Å². The molecule has 0 rings (SSSR count). The monoisotopic (exact) mass is 205 g/mol. The SMILES string of the molecule is O=C(O)CCC(=O)NCC(O)C(=O)O. The van der Waals surface area contributed by atoms with Crippen LogP contribution in [0.5, 0.6) is 0 Å². The van der Waals surface area contributed by atoms with Gasteiger partial charge in [-0.1, -0.05) is 0 Å². The molecule has 7 heteroatoms. The number of carboxylic acid groups (broad SMARTS) is 2. The zero-order chi connectivity index (χ0) is 11.1. The minimum atomic E-state index is -1.66. The molecule has 0 saturated carbocycles. The van der Waals surface area contributed by atoms with Crippen molar-refractivity contribution in [2.75, 3.05) is 6.54 Å². The van der Waals surface area contributed by atoms with E-state index in [0.29, 0.717) is 0 Å². The van der Waals surface area contributed by atoms with E-state index in [0.717, 1.165) is 0 Å². The van der Waals surface area contributed by atoms with Crippen LogP contribution in [0.15, 0.2) is 0 Å². The van der Waals surface area contributed by atoms with Crippen LogP contribution in [0.2, 0.25) is 0 Å². The summed E-state index contributed by atoms with van der Waals surface area (Å²) in [5.41, 5.74) is 0. The van der Waals surface area contributed by atoms with Gasteiger partial charge in [0.15, 0.2) is 6.10 Å². The molecular formula is C7H11NO6. The summed E-state index contributed by atoms with van der Waals surface area (Å²) in [6.07, 6.45) is -2.22. The maximum absolute atomic E-state index is 10.8. The van der Waals surface area contributed by atoms with E-state index < -0.39 is 30.5 Å². The first-order chi connectivity index (χ1) is 6.43. The first kappa shape index (κ1) is 12.4. The van der Waals surface area contributed by atoms with Crippen molar-refractivity contribution in [2.24, 2.45) is 0 Å². The normalized spacial score (nSPS) is 11.8. The highest BCUT2D eigenvalue weighted by Crippen LogP contribution is 1.89. The lowest BCUT2D eigenvalue weighted by Crippen LogP contribution is -2.36. The Morgan fingerprint density at radius 1 is 1.14 bits per heavy atom. The van der Waals surface area contributed by atoms with Gasteiger partial charge in [0.05, 0.1) is 13.0 Å². The van der Waals surface area contributed by atoms with Crippen molar-refractivity contribution >= 4 is 17.8 Å². The van der Waals surface area contributed by atoms with Crippen LogP contribution in [0.1, 0.15) is 12.8 Å². The largest absolute Gasteiger partial charge is 0.481 e. The predicted octanol–water partition coefficient (Wildman–Crippen LogP) is -1.59. The first-order valence-corrected chi connectivity index (χ1v) is 3.83. The molecule has 0 aromatic heterocycles. The van der Waals surface area contributed by atoms with E-state index in [1.54, 1.807) is 0 Å². The molecule has 0 aromatic rings. The van der Waals surface area contributed by atoms with E-state index in [2.05, 4.69) is 5.32 Å². The van der Waals surface area contributed by atoms with Gasteiger partial charge in [0.2, 0.25) is 5.91 Å². The smallest absolute Gasteiger partial charge is 0.334 e. The number of aliphatic hydroxyl groups excluding tert-OH is 1. The fourth-order valence-electron chi connectivity index (χ4n) is 0.607. The molecule has 7 nitrogen and oxygen atoms in total. The minimum absolute atomic E-state index is 0.234. The number of amides is 1. The summed E-state index contributed by atoms with van der Waals surface area (Å²) < 4.78 is 0. The number of carbonyl (C=O) groups excluding carboxylic acids is 1. The Bertz CT molecular complexity index is 238. The second-order valence-electron chi connectivity index (χ2n) is 2.55. The quantitative estimate of drug-likeness (QED) is 0.414. The lowest BCUT2D eigenvalue weighted by Gasteiger charge is -2.06. The number of aliphatic carboxylic acids is 2. The molecule has 0 fully saturated rings. The van der Waals surface area contributed by atoms with Crippen molar-refractivity contribution in [3.8, 4) is 0 Å². The summed E-state index contributed by atoms with van der Waals surface area (Å²) in [6.45, 7) is -0.423. The number of carboxylic acids is 2. The summed E-state index contributed by atoms with van der Waals surface area (Å²) >= 11 is 0. The lowest BCUT2D eigenvalue weighted by molar-refractivity contribution is -0.146. The summed E-state index contributed by atoms with van der Waals surface area (Å²) in [4.78, 5) is 30.9. The molecule has 1 amide bonds. The van der Waals surface area contributed by atoms with E-state index in [1.807, 2.05) is 0 Å². The summed E-state index contributed by atoms with van der Waals surface area (Å²) in [6, 6.07) is 0. The molecule has 0 saturated heterocycles. The van der Waals surface area contributed by atoms with Crippen LogP contribution in [0.4, 0.5) is 0 Å². The lowest BCUT2D eigenvalue weighted by atomic mass is 10.3. The van der Waals surface area contributed by atoms with Gasteiger partial charge >= 0.3 is 11.9 Å². The zero-order valence-corrected chi connectivity index (χ0v) is 7.27. The fraction of sp³-hybridized carbons (Fsp3) is 0.571. The molecule has 80 valence electrons. The highest BCUT2D eigenvalue weighted by molar-refractivity contribution is 5.81. The van der Waals surface area contributed by atoms with E-state index in [-0.39, 0.29) is 12.8 Å². The molecule has 0 heterocycles. The Morgan fingerprint density at radius 2 is 1.71 bits per heavy atom. The van der Waals surface area contributed by atoms with Gasteiger partial charge < -0.3 is 20.6 Å². The molecule has 1 atom stereocenters. The molecule has 0 spiro atoms. The molecule has 0 bridgehead atoms. The average molecular weight is 205 g/mol. The predicted molar refractivity (Wildman–Crippen MR) is 43.5 cm³/mol. The molecule has 4 N–H and O–H groups in total. The van der Waals surface area contributed by atoms with Crippen molar-refractivity contribution in [3.63, 3.8) is 0 Å². The van der Waals surface area contributed by atoms with Crippen LogP contribution < -0.4 is 5.32 Å². The van der Waals surface area contributed by atoms with E-state index in [1.165, 1.54) is 0 Å². The number of carbonyl (C=O) groups is 3. The third-order valence-electron chi connectivity index (χ3n) is 1.34. The van der Waals surface area contributed by atoms with E-state index in [9.17, 15) is 14.4 Å². The van der Waals surface area contributed by atoms with E-state index >= 15 is 0 Å². The second kappa shape index (κ2) is 5.92. The van der Waals surface area contributed by atoms with Gasteiger partial charge in [0.1, 0.15) is 0 Å². The second-order valence-corrected chi connectivity index (χ2v) is 2.55. The zero-order valence-electron chi connectivity index (χ0n) is 7.27. The Morgan fingerprint density at radius 3 is 2.14 bits per heavy atom. The fourth-order valence-corrected chi connectivity index (χ4v) is 0.607. The van der Waals surface area contributed by atoms with Crippen LogP contribution in [0.3, 0.4) is 0 Å². The summed E-state index contributed by atoms with van der Waals surface area (Å²) in [7, 11) is 0. The molecule has 0 radical (unpaired) electrons. The van der Waals surface area contributed by atoms with Crippen molar-refractivity contribution < 1.29 is 29.7 Å². The molecule has 1 unspecified atom stereocenters. The van der Waals surface area contributed by atoms with Gasteiger partial charge in [-0.05, 0) is 0 Å². The van der Waals surface area contributed by atoms with Crippen molar-refractivity contribution in [1.82, 2.24) is 5.32 Å². The van der Waals surface area contributed by atoms with Crippen molar-refractivity contribution in [3.05, 3.63) is 0 Å². The van der Waals surface area contributed by atoms with Gasteiger partial charge in [0.25, 0.3) is 0 Å². The van der Waals surface area contributed by atoms with Gasteiger partial charge in [-0.3, -0.25) is 9.59 Å². The van der Waals surface area contributed by atoms with Gasteiger partial charge in [-0.25, -0.2) is 4.79 Å². The Balaban J connectivity index is 3.64. The average Bonchev–Trinajstić information content (AvgIpc) is 2.10.